The van der Waals surface area contributed by atoms with E-state index in [4.69, 9.17) is 5.73 Å². The first-order valence-corrected chi connectivity index (χ1v) is 6.96. The van der Waals surface area contributed by atoms with Gasteiger partial charge in [-0.1, -0.05) is 6.07 Å². The minimum Gasteiger partial charge on any atom is -0.355 e. The number of aromatic nitrogens is 1. The largest absolute Gasteiger partial charge is 0.355 e. The molecule has 3 N–H and O–H groups in total. The van der Waals surface area contributed by atoms with Gasteiger partial charge in [-0.05, 0) is 24.6 Å². The number of nitrogens with zero attached hydrogens (tertiary/aromatic N) is 4. The fraction of sp³-hybridized carbons (Fsp3) is 0.429. The summed E-state index contributed by atoms with van der Waals surface area (Å²) in [6.07, 6.45) is 6.82. The summed E-state index contributed by atoms with van der Waals surface area (Å²) in [7, 11) is 0. The van der Waals surface area contributed by atoms with Crippen LogP contribution in [0, 0.1) is 0 Å². The van der Waals surface area contributed by atoms with Crippen molar-refractivity contribution < 1.29 is 0 Å². The fourth-order valence-corrected chi connectivity index (χ4v) is 2.41. The summed E-state index contributed by atoms with van der Waals surface area (Å²) in [6.45, 7) is 3.41. The molecule has 1 fully saturated rings. The minimum absolute atomic E-state index is 0.284. The van der Waals surface area contributed by atoms with Crippen LogP contribution in [0.3, 0.4) is 0 Å². The summed E-state index contributed by atoms with van der Waals surface area (Å²) in [5, 5.41) is 1.97. The zero-order valence-corrected chi connectivity index (χ0v) is 11.4. The van der Waals surface area contributed by atoms with Crippen LogP contribution in [0.5, 0.6) is 0 Å². The standard InChI is InChI=1S/C14H20N6/c15-12-4-7-19(10-12)14-5-8-20(11-17-14)18-9-13-3-1-2-6-16-13/h1-3,5-6,11-12,18H,4,7-10,15H2/t12-/m1/s1. The highest BCUT2D eigenvalue weighted by atomic mass is 15.5. The SMILES string of the molecule is N[C@@H]1CCN(C2=CCN(NCc3ccccn3)C=N2)C1. The van der Waals surface area contributed by atoms with E-state index in [2.05, 4.69) is 26.4 Å². The highest BCUT2D eigenvalue weighted by Gasteiger charge is 2.21. The lowest BCUT2D eigenvalue weighted by molar-refractivity contribution is 0.322. The molecule has 6 nitrogen and oxygen atoms in total. The second kappa shape index (κ2) is 6.02. The molecule has 0 aliphatic carbocycles. The van der Waals surface area contributed by atoms with Crippen molar-refractivity contribution in [3.63, 3.8) is 0 Å². The Labute approximate surface area is 119 Å². The first-order chi connectivity index (χ1) is 9.81. The molecule has 0 unspecified atom stereocenters. The second-order valence-electron chi connectivity index (χ2n) is 5.11. The quantitative estimate of drug-likeness (QED) is 0.825. The molecule has 0 bridgehead atoms. The molecule has 0 amide bonds. The number of pyridine rings is 1. The molecule has 1 aromatic heterocycles. The maximum atomic E-state index is 5.92. The van der Waals surface area contributed by atoms with Crippen LogP contribution in [0.1, 0.15) is 12.1 Å². The van der Waals surface area contributed by atoms with Gasteiger partial charge in [-0.15, -0.1) is 0 Å². The molecular weight excluding hydrogens is 252 g/mol. The number of hydrazine groups is 1. The number of nitrogens with one attached hydrogen (secondary N) is 1. The van der Waals surface area contributed by atoms with E-state index in [0.29, 0.717) is 6.54 Å². The normalized spacial score (nSPS) is 22.2. The van der Waals surface area contributed by atoms with Crippen molar-refractivity contribution in [2.75, 3.05) is 19.6 Å². The van der Waals surface area contributed by atoms with Crippen LogP contribution in [0.25, 0.3) is 0 Å². The molecule has 2 aliphatic rings. The van der Waals surface area contributed by atoms with E-state index in [1.54, 1.807) is 6.20 Å². The van der Waals surface area contributed by atoms with Crippen molar-refractivity contribution in [1.29, 1.82) is 0 Å². The Kier molecular flexibility index (Phi) is 3.94. The Morgan fingerprint density at radius 1 is 1.40 bits per heavy atom. The first-order valence-electron chi connectivity index (χ1n) is 6.96. The third-order valence-corrected chi connectivity index (χ3v) is 3.54. The van der Waals surface area contributed by atoms with E-state index < -0.39 is 0 Å². The van der Waals surface area contributed by atoms with Gasteiger partial charge >= 0.3 is 0 Å². The zero-order chi connectivity index (χ0) is 13.8. The second-order valence-corrected chi connectivity index (χ2v) is 5.11. The molecule has 0 radical (unpaired) electrons. The number of likely N-dealkylation sites (tertiary alicyclic amines) is 1. The summed E-state index contributed by atoms with van der Waals surface area (Å²) in [5.41, 5.74) is 10.2. The highest BCUT2D eigenvalue weighted by molar-refractivity contribution is 5.58. The van der Waals surface area contributed by atoms with Crippen molar-refractivity contribution in [3.05, 3.63) is 42.0 Å². The molecule has 20 heavy (non-hydrogen) atoms. The molecule has 0 aromatic carbocycles. The van der Waals surface area contributed by atoms with Crippen molar-refractivity contribution in [2.24, 2.45) is 10.7 Å². The molecule has 1 aromatic rings. The van der Waals surface area contributed by atoms with Gasteiger partial charge in [-0.3, -0.25) is 9.99 Å². The summed E-state index contributed by atoms with van der Waals surface area (Å²) in [6, 6.07) is 6.19. The summed E-state index contributed by atoms with van der Waals surface area (Å²) in [5.74, 6) is 1.04. The van der Waals surface area contributed by atoms with E-state index in [9.17, 15) is 0 Å². The predicted octanol–water partition coefficient (Wildman–Crippen LogP) is 0.304. The van der Waals surface area contributed by atoms with Gasteiger partial charge in [0.2, 0.25) is 0 Å². The zero-order valence-electron chi connectivity index (χ0n) is 11.4. The van der Waals surface area contributed by atoms with Crippen LogP contribution in [0.15, 0.2) is 41.3 Å². The highest BCUT2D eigenvalue weighted by Crippen LogP contribution is 2.16. The van der Waals surface area contributed by atoms with Gasteiger partial charge in [0.15, 0.2) is 0 Å². The van der Waals surface area contributed by atoms with Crippen molar-refractivity contribution >= 4 is 6.34 Å². The van der Waals surface area contributed by atoms with Gasteiger partial charge in [-0.2, -0.15) is 0 Å². The van der Waals surface area contributed by atoms with Crippen LogP contribution in [0.2, 0.25) is 0 Å². The molecule has 6 heteroatoms. The van der Waals surface area contributed by atoms with E-state index >= 15 is 0 Å². The van der Waals surface area contributed by atoms with Gasteiger partial charge < -0.3 is 10.6 Å². The molecule has 0 spiro atoms. The van der Waals surface area contributed by atoms with Crippen molar-refractivity contribution in [2.45, 2.75) is 19.0 Å². The van der Waals surface area contributed by atoms with Crippen molar-refractivity contribution in [1.82, 2.24) is 20.3 Å². The number of hydrogen-bond donors (Lipinski definition) is 2. The maximum absolute atomic E-state index is 5.92. The third kappa shape index (κ3) is 3.15. The lowest BCUT2D eigenvalue weighted by Gasteiger charge is -2.26. The van der Waals surface area contributed by atoms with Crippen LogP contribution in [-0.2, 0) is 6.54 Å². The van der Waals surface area contributed by atoms with Gasteiger partial charge in [0.1, 0.15) is 12.2 Å². The molecule has 1 saturated heterocycles. The number of aliphatic imine (C=N–C) groups is 1. The molecular formula is C14H20N6. The van der Waals surface area contributed by atoms with Crippen LogP contribution in [0.4, 0.5) is 0 Å². The average Bonchev–Trinajstić information content (AvgIpc) is 2.93. The summed E-state index contributed by atoms with van der Waals surface area (Å²) >= 11 is 0. The lowest BCUT2D eigenvalue weighted by atomic mass is 10.3. The molecule has 3 rings (SSSR count). The Morgan fingerprint density at radius 2 is 2.35 bits per heavy atom. The fourth-order valence-electron chi connectivity index (χ4n) is 2.41. The Hall–Kier alpha value is -1.92. The van der Waals surface area contributed by atoms with Crippen LogP contribution in [-0.4, -0.2) is 46.9 Å². The maximum Gasteiger partial charge on any atom is 0.128 e. The molecule has 2 aliphatic heterocycles. The Bertz CT molecular complexity index is 498. The predicted molar refractivity (Wildman–Crippen MR) is 78.5 cm³/mol. The van der Waals surface area contributed by atoms with Gasteiger partial charge in [-0.25, -0.2) is 10.4 Å². The molecule has 1 atom stereocenters. The smallest absolute Gasteiger partial charge is 0.128 e. The molecule has 3 heterocycles. The van der Waals surface area contributed by atoms with E-state index in [-0.39, 0.29) is 6.04 Å². The van der Waals surface area contributed by atoms with Crippen LogP contribution < -0.4 is 11.2 Å². The van der Waals surface area contributed by atoms with Crippen molar-refractivity contribution in [3.8, 4) is 0 Å². The molecule has 106 valence electrons. The summed E-state index contributed by atoms with van der Waals surface area (Å²) < 4.78 is 0. The minimum atomic E-state index is 0.284. The summed E-state index contributed by atoms with van der Waals surface area (Å²) in [4.78, 5) is 11.0. The third-order valence-electron chi connectivity index (χ3n) is 3.54. The topological polar surface area (TPSA) is 69.8 Å². The number of nitrogens with two attached hydrogens (primary N) is 1. The lowest BCUT2D eigenvalue weighted by Crippen LogP contribution is -2.39. The van der Waals surface area contributed by atoms with Gasteiger partial charge in [0.05, 0.1) is 18.8 Å². The molecule has 0 saturated carbocycles. The van der Waals surface area contributed by atoms with Gasteiger partial charge in [0, 0.05) is 25.3 Å². The number of rotatable bonds is 4. The average molecular weight is 272 g/mol. The van der Waals surface area contributed by atoms with E-state index in [0.717, 1.165) is 37.6 Å². The Balaban J connectivity index is 1.49. The Morgan fingerprint density at radius 3 is 3.00 bits per heavy atom. The monoisotopic (exact) mass is 272 g/mol. The number of hydrogen-bond acceptors (Lipinski definition) is 6. The van der Waals surface area contributed by atoms with Crippen LogP contribution >= 0.6 is 0 Å². The van der Waals surface area contributed by atoms with E-state index in [1.807, 2.05) is 29.5 Å². The first kappa shape index (κ1) is 13.1. The van der Waals surface area contributed by atoms with E-state index in [1.165, 1.54) is 0 Å². The van der Waals surface area contributed by atoms with Gasteiger partial charge in [0.25, 0.3) is 0 Å².